The van der Waals surface area contributed by atoms with E-state index in [1.54, 1.807) is 0 Å². The van der Waals surface area contributed by atoms with Crippen molar-refractivity contribution >= 4 is 0 Å². The van der Waals surface area contributed by atoms with E-state index in [1.165, 1.54) is 0 Å². The highest BCUT2D eigenvalue weighted by atomic mass is 16.3. The third-order valence-electron chi connectivity index (χ3n) is 4.43. The molecule has 0 aromatic rings. The molecule has 3 nitrogen and oxygen atoms in total. The molecule has 1 aliphatic rings. The minimum absolute atomic E-state index is 0.602. The lowest BCUT2D eigenvalue weighted by atomic mass is 9.69. The Morgan fingerprint density at radius 2 is 2.06 bits per heavy atom. The molecule has 0 radical (unpaired) electrons. The highest BCUT2D eigenvalue weighted by Crippen LogP contribution is 2.41. The van der Waals surface area contributed by atoms with Crippen molar-refractivity contribution in [1.29, 1.82) is 5.26 Å². The fourth-order valence-corrected chi connectivity index (χ4v) is 2.78. The molecule has 17 heavy (non-hydrogen) atoms. The van der Waals surface area contributed by atoms with Gasteiger partial charge in [0.2, 0.25) is 0 Å². The molecule has 0 spiro atoms. The first-order valence-corrected chi connectivity index (χ1v) is 6.87. The number of nitriles is 1. The molecule has 1 heterocycles. The summed E-state index contributed by atoms with van der Waals surface area (Å²) in [6, 6.07) is 2.34. The summed E-state index contributed by atoms with van der Waals surface area (Å²) in [5.74, 6) is 0. The van der Waals surface area contributed by atoms with Gasteiger partial charge in [0.1, 0.15) is 0 Å². The molecule has 1 aliphatic heterocycles. The first-order valence-electron chi connectivity index (χ1n) is 6.87. The second-order valence-corrected chi connectivity index (χ2v) is 5.52. The largest absolute Gasteiger partial charge is 0.388 e. The van der Waals surface area contributed by atoms with Crippen LogP contribution in [-0.4, -0.2) is 35.2 Å². The van der Waals surface area contributed by atoms with Crippen molar-refractivity contribution in [1.82, 2.24) is 4.90 Å². The molecule has 0 aromatic carbocycles. The summed E-state index contributed by atoms with van der Waals surface area (Å²) < 4.78 is 0. The molecule has 2 atom stereocenters. The van der Waals surface area contributed by atoms with Crippen molar-refractivity contribution < 1.29 is 5.11 Å². The molecular formula is C14H26N2O. The van der Waals surface area contributed by atoms with Gasteiger partial charge in [-0.3, -0.25) is 0 Å². The number of aliphatic hydroxyl groups is 1. The van der Waals surface area contributed by atoms with Crippen LogP contribution in [0.15, 0.2) is 0 Å². The van der Waals surface area contributed by atoms with E-state index in [2.05, 4.69) is 17.9 Å². The lowest BCUT2D eigenvalue weighted by molar-refractivity contribution is -0.0601. The molecule has 0 saturated carbocycles. The molecule has 1 N–H and O–H groups in total. The SMILES string of the molecule is CCCN1CCCC(O)(C(C)(C#N)CC)CC1. The molecular weight excluding hydrogens is 212 g/mol. The zero-order valence-corrected chi connectivity index (χ0v) is 11.5. The monoisotopic (exact) mass is 238 g/mol. The molecule has 0 aromatic heterocycles. The van der Waals surface area contributed by atoms with E-state index in [0.717, 1.165) is 45.3 Å². The normalized spacial score (nSPS) is 30.3. The van der Waals surface area contributed by atoms with Crippen molar-refractivity contribution in [3.63, 3.8) is 0 Å². The van der Waals surface area contributed by atoms with Crippen LogP contribution in [0, 0.1) is 16.7 Å². The highest BCUT2D eigenvalue weighted by Gasteiger charge is 2.46. The smallest absolute Gasteiger partial charge is 0.0843 e. The van der Waals surface area contributed by atoms with Gasteiger partial charge in [0.15, 0.2) is 0 Å². The Morgan fingerprint density at radius 3 is 2.59 bits per heavy atom. The summed E-state index contributed by atoms with van der Waals surface area (Å²) in [5.41, 5.74) is -1.41. The van der Waals surface area contributed by atoms with Gasteiger partial charge in [-0.05, 0) is 52.1 Å². The van der Waals surface area contributed by atoms with Crippen molar-refractivity contribution in [3.8, 4) is 6.07 Å². The minimum Gasteiger partial charge on any atom is -0.388 e. The van der Waals surface area contributed by atoms with Crippen LogP contribution in [0.4, 0.5) is 0 Å². The standard InChI is InChI=1S/C14H26N2O/c1-4-9-16-10-6-7-14(17,8-11-16)13(3,5-2)12-15/h17H,4-11H2,1-3H3. The van der Waals surface area contributed by atoms with E-state index in [9.17, 15) is 10.4 Å². The van der Waals surface area contributed by atoms with Crippen LogP contribution in [0.2, 0.25) is 0 Å². The Kier molecular flexibility index (Phi) is 4.97. The molecule has 0 bridgehead atoms. The maximum atomic E-state index is 10.8. The van der Waals surface area contributed by atoms with Crippen LogP contribution in [-0.2, 0) is 0 Å². The van der Waals surface area contributed by atoms with E-state index in [-0.39, 0.29) is 0 Å². The van der Waals surface area contributed by atoms with Gasteiger partial charge in [0.25, 0.3) is 0 Å². The zero-order chi connectivity index (χ0) is 12.9. The van der Waals surface area contributed by atoms with Gasteiger partial charge >= 0.3 is 0 Å². The Labute approximate surface area is 105 Å². The Hall–Kier alpha value is -0.590. The zero-order valence-electron chi connectivity index (χ0n) is 11.5. The average Bonchev–Trinajstić information content (AvgIpc) is 2.52. The number of hydrogen-bond acceptors (Lipinski definition) is 3. The summed E-state index contributed by atoms with van der Waals surface area (Å²) in [5, 5.41) is 20.1. The molecule has 98 valence electrons. The van der Waals surface area contributed by atoms with Crippen LogP contribution in [0.3, 0.4) is 0 Å². The molecule has 0 amide bonds. The van der Waals surface area contributed by atoms with Crippen molar-refractivity contribution in [3.05, 3.63) is 0 Å². The van der Waals surface area contributed by atoms with Crippen LogP contribution in [0.25, 0.3) is 0 Å². The van der Waals surface area contributed by atoms with Gasteiger partial charge in [0, 0.05) is 6.54 Å². The third-order valence-corrected chi connectivity index (χ3v) is 4.43. The Bertz CT molecular complexity index is 286. The summed E-state index contributed by atoms with van der Waals surface area (Å²) >= 11 is 0. The molecule has 1 saturated heterocycles. The third kappa shape index (κ3) is 3.00. The highest BCUT2D eigenvalue weighted by molar-refractivity contribution is 5.09. The Morgan fingerprint density at radius 1 is 1.35 bits per heavy atom. The van der Waals surface area contributed by atoms with E-state index in [0.29, 0.717) is 6.42 Å². The van der Waals surface area contributed by atoms with Crippen LogP contribution < -0.4 is 0 Å². The number of rotatable bonds is 4. The summed E-state index contributed by atoms with van der Waals surface area (Å²) in [7, 11) is 0. The summed E-state index contributed by atoms with van der Waals surface area (Å²) in [6.07, 6.45) is 4.35. The maximum absolute atomic E-state index is 10.8. The van der Waals surface area contributed by atoms with Gasteiger partial charge in [-0.2, -0.15) is 5.26 Å². The molecule has 1 fully saturated rings. The molecule has 3 heteroatoms. The molecule has 0 aliphatic carbocycles. The minimum atomic E-state index is -0.807. The van der Waals surface area contributed by atoms with E-state index in [1.807, 2.05) is 13.8 Å². The maximum Gasteiger partial charge on any atom is 0.0843 e. The summed E-state index contributed by atoms with van der Waals surface area (Å²) in [4.78, 5) is 2.41. The topological polar surface area (TPSA) is 47.3 Å². The summed E-state index contributed by atoms with van der Waals surface area (Å²) in [6.45, 7) is 9.16. The first-order chi connectivity index (χ1) is 8.01. The van der Waals surface area contributed by atoms with Crippen molar-refractivity contribution in [2.24, 2.45) is 5.41 Å². The van der Waals surface area contributed by atoms with Gasteiger partial charge < -0.3 is 10.0 Å². The van der Waals surface area contributed by atoms with Gasteiger partial charge in [-0.15, -0.1) is 0 Å². The lowest BCUT2D eigenvalue weighted by Crippen LogP contribution is -2.46. The first kappa shape index (κ1) is 14.5. The van der Waals surface area contributed by atoms with E-state index >= 15 is 0 Å². The fraction of sp³-hybridized carbons (Fsp3) is 0.929. The quantitative estimate of drug-likeness (QED) is 0.818. The second kappa shape index (κ2) is 5.84. The van der Waals surface area contributed by atoms with Crippen molar-refractivity contribution in [2.75, 3.05) is 19.6 Å². The molecule has 1 rings (SSSR count). The van der Waals surface area contributed by atoms with Crippen molar-refractivity contribution in [2.45, 2.75) is 58.5 Å². The van der Waals surface area contributed by atoms with E-state index in [4.69, 9.17) is 0 Å². The predicted octanol–water partition coefficient (Wildman–Crippen LogP) is 2.55. The van der Waals surface area contributed by atoms with Crippen LogP contribution in [0.5, 0.6) is 0 Å². The van der Waals surface area contributed by atoms with Crippen LogP contribution >= 0.6 is 0 Å². The van der Waals surface area contributed by atoms with Gasteiger partial charge in [-0.1, -0.05) is 13.8 Å². The van der Waals surface area contributed by atoms with Gasteiger partial charge in [0.05, 0.1) is 17.1 Å². The number of likely N-dealkylation sites (tertiary alicyclic amines) is 1. The Balaban J connectivity index is 2.75. The average molecular weight is 238 g/mol. The lowest BCUT2D eigenvalue weighted by Gasteiger charge is -2.39. The van der Waals surface area contributed by atoms with Gasteiger partial charge in [-0.25, -0.2) is 0 Å². The second-order valence-electron chi connectivity index (χ2n) is 5.52. The fourth-order valence-electron chi connectivity index (χ4n) is 2.78. The predicted molar refractivity (Wildman–Crippen MR) is 69.5 cm³/mol. The van der Waals surface area contributed by atoms with E-state index < -0.39 is 11.0 Å². The van der Waals surface area contributed by atoms with Crippen LogP contribution in [0.1, 0.15) is 52.9 Å². The number of nitrogens with zero attached hydrogens (tertiary/aromatic N) is 2. The number of hydrogen-bond donors (Lipinski definition) is 1. The molecule has 2 unspecified atom stereocenters.